The van der Waals surface area contributed by atoms with Crippen molar-refractivity contribution in [3.05, 3.63) is 60.4 Å². The average Bonchev–Trinajstić information content (AvgIpc) is 3.30. The van der Waals surface area contributed by atoms with E-state index in [4.69, 9.17) is 9.47 Å². The van der Waals surface area contributed by atoms with Crippen molar-refractivity contribution in [3.8, 4) is 22.9 Å². The molecule has 0 spiro atoms. The Bertz CT molecular complexity index is 909. The summed E-state index contributed by atoms with van der Waals surface area (Å²) in [5.74, 6) is 3.18. The Kier molecular flexibility index (Phi) is 7.05. The summed E-state index contributed by atoms with van der Waals surface area (Å²) in [5, 5.41) is 10.2. The van der Waals surface area contributed by atoms with E-state index in [9.17, 15) is 0 Å². The van der Waals surface area contributed by atoms with E-state index in [2.05, 4.69) is 37.6 Å². The van der Waals surface area contributed by atoms with Crippen molar-refractivity contribution in [3.63, 3.8) is 0 Å². The van der Waals surface area contributed by atoms with E-state index in [-0.39, 0.29) is 0 Å². The van der Waals surface area contributed by atoms with E-state index in [1.165, 1.54) is 6.33 Å². The minimum Gasteiger partial charge on any atom is -0.497 e. The summed E-state index contributed by atoms with van der Waals surface area (Å²) >= 11 is 0. The molecular weight excluding hydrogens is 368 g/mol. The Morgan fingerprint density at radius 3 is 2.66 bits per heavy atom. The topological polar surface area (TPSA) is 87.7 Å². The maximum absolute atomic E-state index is 5.79. The zero-order valence-electron chi connectivity index (χ0n) is 16.9. The minimum atomic E-state index is 0.546. The Labute approximate surface area is 170 Å². The van der Waals surface area contributed by atoms with Crippen LogP contribution in [0.4, 0.5) is 0 Å². The number of methoxy groups -OCH3 is 1. The van der Waals surface area contributed by atoms with Gasteiger partial charge in [-0.25, -0.2) is 4.98 Å². The van der Waals surface area contributed by atoms with Crippen molar-refractivity contribution in [2.24, 2.45) is 4.99 Å². The summed E-state index contributed by atoms with van der Waals surface area (Å²) < 4.78 is 10.9. The molecule has 0 saturated heterocycles. The molecule has 8 nitrogen and oxygen atoms in total. The minimum absolute atomic E-state index is 0.546. The second-order valence-corrected chi connectivity index (χ2v) is 6.38. The molecule has 1 heterocycles. The van der Waals surface area contributed by atoms with Gasteiger partial charge in [-0.05, 0) is 35.9 Å². The summed E-state index contributed by atoms with van der Waals surface area (Å²) in [6, 6.07) is 15.7. The number of benzene rings is 2. The largest absolute Gasteiger partial charge is 0.497 e. The lowest BCUT2D eigenvalue weighted by Gasteiger charge is -2.22. The summed E-state index contributed by atoms with van der Waals surface area (Å²) in [7, 11) is 5.40. The van der Waals surface area contributed by atoms with Gasteiger partial charge in [-0.15, -0.1) is 0 Å². The van der Waals surface area contributed by atoms with E-state index < -0.39 is 0 Å². The first-order valence-electron chi connectivity index (χ1n) is 9.33. The Morgan fingerprint density at radius 2 is 1.97 bits per heavy atom. The zero-order chi connectivity index (χ0) is 20.5. The molecule has 152 valence electrons. The van der Waals surface area contributed by atoms with Crippen molar-refractivity contribution in [2.75, 3.05) is 34.4 Å². The number of hydrogen-bond donors (Lipinski definition) is 2. The number of nitrogens with zero attached hydrogens (tertiary/aromatic N) is 4. The molecule has 0 fully saturated rings. The van der Waals surface area contributed by atoms with E-state index >= 15 is 0 Å². The van der Waals surface area contributed by atoms with Gasteiger partial charge in [0.15, 0.2) is 11.8 Å². The number of likely N-dealkylation sites (N-methyl/N-ethyl adjacent to an activating group) is 1. The standard InChI is InChI=1S/C21H26N6O2/c1-22-21(27(2)11-12-29-19-9-7-18(28-3)8-10-19)23-14-16-5-4-6-17(13-16)20-24-15-25-26-20/h4-10,13,15H,11-12,14H2,1-3H3,(H,22,23)(H,24,25,26). The van der Waals surface area contributed by atoms with Crippen LogP contribution in [0.25, 0.3) is 11.4 Å². The number of hydrogen-bond acceptors (Lipinski definition) is 5. The van der Waals surface area contributed by atoms with Crippen LogP contribution in [0.1, 0.15) is 5.56 Å². The summed E-state index contributed by atoms with van der Waals surface area (Å²) in [6.45, 7) is 1.90. The number of rotatable bonds is 8. The van der Waals surface area contributed by atoms with Crippen molar-refractivity contribution < 1.29 is 9.47 Å². The Morgan fingerprint density at radius 1 is 1.17 bits per heavy atom. The first kappa shape index (κ1) is 20.2. The monoisotopic (exact) mass is 394 g/mol. The van der Waals surface area contributed by atoms with Gasteiger partial charge >= 0.3 is 0 Å². The van der Waals surface area contributed by atoms with E-state index in [1.54, 1.807) is 14.2 Å². The molecule has 0 amide bonds. The molecule has 2 aromatic carbocycles. The molecule has 3 rings (SSSR count). The van der Waals surface area contributed by atoms with Crippen LogP contribution in [0.2, 0.25) is 0 Å². The maximum Gasteiger partial charge on any atom is 0.193 e. The van der Waals surface area contributed by atoms with Gasteiger partial charge in [0.1, 0.15) is 24.4 Å². The quantitative estimate of drug-likeness (QED) is 0.451. The smallest absolute Gasteiger partial charge is 0.193 e. The first-order chi connectivity index (χ1) is 14.2. The fraction of sp³-hybridized carbons (Fsp3) is 0.286. The van der Waals surface area contributed by atoms with Crippen molar-refractivity contribution >= 4 is 5.96 Å². The second kappa shape index (κ2) is 10.1. The summed E-state index contributed by atoms with van der Waals surface area (Å²) in [4.78, 5) is 10.6. The van der Waals surface area contributed by atoms with Crippen molar-refractivity contribution in [1.29, 1.82) is 0 Å². The lowest BCUT2D eigenvalue weighted by molar-refractivity contribution is 0.281. The lowest BCUT2D eigenvalue weighted by atomic mass is 10.1. The molecule has 29 heavy (non-hydrogen) atoms. The van der Waals surface area contributed by atoms with E-state index in [1.807, 2.05) is 48.3 Å². The molecule has 3 aromatic rings. The molecule has 1 aromatic heterocycles. The third-order valence-electron chi connectivity index (χ3n) is 4.39. The molecular formula is C21H26N6O2. The highest BCUT2D eigenvalue weighted by Crippen LogP contribution is 2.17. The van der Waals surface area contributed by atoms with Gasteiger partial charge in [-0.3, -0.25) is 10.1 Å². The average molecular weight is 394 g/mol. The number of ether oxygens (including phenoxy) is 2. The predicted molar refractivity (Wildman–Crippen MR) is 113 cm³/mol. The van der Waals surface area contributed by atoms with E-state index in [0.29, 0.717) is 19.7 Å². The van der Waals surface area contributed by atoms with Gasteiger partial charge in [0.25, 0.3) is 0 Å². The maximum atomic E-state index is 5.79. The van der Waals surface area contributed by atoms with Crippen molar-refractivity contribution in [2.45, 2.75) is 6.54 Å². The van der Waals surface area contributed by atoms with Gasteiger partial charge in [0.2, 0.25) is 0 Å². The van der Waals surface area contributed by atoms with Gasteiger partial charge in [-0.1, -0.05) is 18.2 Å². The van der Waals surface area contributed by atoms with Crippen LogP contribution in [0.5, 0.6) is 11.5 Å². The summed E-state index contributed by atoms with van der Waals surface area (Å²) in [6.07, 6.45) is 1.51. The number of guanidine groups is 1. The van der Waals surface area contributed by atoms with Gasteiger partial charge in [0, 0.05) is 26.2 Å². The van der Waals surface area contributed by atoms with Crippen LogP contribution >= 0.6 is 0 Å². The van der Waals surface area contributed by atoms with Crippen LogP contribution in [-0.2, 0) is 6.54 Å². The highest BCUT2D eigenvalue weighted by molar-refractivity contribution is 5.79. The predicted octanol–water partition coefficient (Wildman–Crippen LogP) is 2.57. The SMILES string of the molecule is CN=C(NCc1cccc(-c2ncn[nH]2)c1)N(C)CCOc1ccc(OC)cc1. The van der Waals surface area contributed by atoms with Gasteiger partial charge in [-0.2, -0.15) is 5.10 Å². The fourth-order valence-corrected chi connectivity index (χ4v) is 2.82. The number of H-pyrrole nitrogens is 1. The number of nitrogens with one attached hydrogen (secondary N) is 2. The molecule has 2 N–H and O–H groups in total. The third kappa shape index (κ3) is 5.71. The Balaban J connectivity index is 1.48. The molecule has 0 atom stereocenters. The zero-order valence-corrected chi connectivity index (χ0v) is 16.9. The number of aromatic amines is 1. The van der Waals surface area contributed by atoms with Crippen LogP contribution < -0.4 is 14.8 Å². The molecule has 0 saturated carbocycles. The molecule has 0 aliphatic rings. The Hall–Kier alpha value is -3.55. The highest BCUT2D eigenvalue weighted by atomic mass is 16.5. The molecule has 0 aliphatic carbocycles. The number of aromatic nitrogens is 3. The highest BCUT2D eigenvalue weighted by Gasteiger charge is 2.07. The van der Waals surface area contributed by atoms with Crippen LogP contribution in [0.3, 0.4) is 0 Å². The van der Waals surface area contributed by atoms with Gasteiger partial charge < -0.3 is 19.7 Å². The van der Waals surface area contributed by atoms with Crippen LogP contribution in [-0.4, -0.2) is 60.4 Å². The van der Waals surface area contributed by atoms with Crippen LogP contribution in [0, 0.1) is 0 Å². The van der Waals surface area contributed by atoms with E-state index in [0.717, 1.165) is 34.4 Å². The van der Waals surface area contributed by atoms with Gasteiger partial charge in [0.05, 0.1) is 13.7 Å². The number of aliphatic imine (C=N–C) groups is 1. The first-order valence-corrected chi connectivity index (χ1v) is 9.33. The second-order valence-electron chi connectivity index (χ2n) is 6.38. The molecule has 0 radical (unpaired) electrons. The third-order valence-corrected chi connectivity index (χ3v) is 4.39. The summed E-state index contributed by atoms with van der Waals surface area (Å²) in [5.41, 5.74) is 2.13. The lowest BCUT2D eigenvalue weighted by Crippen LogP contribution is -2.40. The molecule has 0 aliphatic heterocycles. The molecule has 0 unspecified atom stereocenters. The molecule has 8 heteroatoms. The fourth-order valence-electron chi connectivity index (χ4n) is 2.82. The van der Waals surface area contributed by atoms with Crippen molar-refractivity contribution in [1.82, 2.24) is 25.4 Å². The molecule has 0 bridgehead atoms. The normalized spacial score (nSPS) is 11.2. The van der Waals surface area contributed by atoms with Crippen LogP contribution in [0.15, 0.2) is 59.9 Å².